The van der Waals surface area contributed by atoms with Gasteiger partial charge in [0.05, 0.1) is 0 Å². The van der Waals surface area contributed by atoms with Crippen molar-refractivity contribution >= 4 is 0 Å². The molecule has 0 amide bonds. The summed E-state index contributed by atoms with van der Waals surface area (Å²) in [6, 6.07) is 0. The lowest BCUT2D eigenvalue weighted by atomic mass is 10.0. The zero-order chi connectivity index (χ0) is 11.1. The third-order valence-corrected chi connectivity index (χ3v) is 2.38. The minimum absolute atomic E-state index is 1.32. The molecule has 0 N–H and O–H groups in total. The fourth-order valence-electron chi connectivity index (χ4n) is 0.955. The van der Waals surface area contributed by atoms with Gasteiger partial charge >= 0.3 is 0 Å². The van der Waals surface area contributed by atoms with Crippen LogP contribution in [0.25, 0.3) is 0 Å². The van der Waals surface area contributed by atoms with E-state index in [4.69, 9.17) is 0 Å². The first-order valence-electron chi connectivity index (χ1n) is 5.11. The van der Waals surface area contributed by atoms with Gasteiger partial charge in [0.2, 0.25) is 0 Å². The van der Waals surface area contributed by atoms with Gasteiger partial charge in [-0.2, -0.15) is 0 Å². The molecule has 0 aliphatic carbocycles. The Morgan fingerprint density at radius 2 is 1.43 bits per heavy atom. The maximum absolute atomic E-state index is 2.24. The molecular weight excluding hydrogens is 168 g/mol. The van der Waals surface area contributed by atoms with Crippen LogP contribution in [0.5, 0.6) is 0 Å². The fourth-order valence-corrected chi connectivity index (χ4v) is 0.955. The quantitative estimate of drug-likeness (QED) is 0.560. The maximum Gasteiger partial charge on any atom is -0.0395 e. The van der Waals surface area contributed by atoms with Crippen molar-refractivity contribution in [3.8, 4) is 0 Å². The van der Waals surface area contributed by atoms with E-state index in [1.807, 2.05) is 13.0 Å². The van der Waals surface area contributed by atoms with Crippen molar-refractivity contribution in [3.05, 3.63) is 46.6 Å². The van der Waals surface area contributed by atoms with Crippen LogP contribution >= 0.6 is 0 Å². The van der Waals surface area contributed by atoms with Crippen LogP contribution in [-0.2, 0) is 0 Å². The van der Waals surface area contributed by atoms with Crippen molar-refractivity contribution in [2.24, 2.45) is 0 Å². The standard InChI is InChI=1S/C14H22/c1-7-8-9-12(4)14(6)10-13(5)11(2)3/h7-10H,1-6H3/b8-7-,12-9+,14-10+. The van der Waals surface area contributed by atoms with Crippen molar-refractivity contribution in [1.82, 2.24) is 0 Å². The Kier molecular flexibility index (Phi) is 5.94. The van der Waals surface area contributed by atoms with Gasteiger partial charge in [-0.3, -0.25) is 0 Å². The molecule has 0 heteroatoms. The van der Waals surface area contributed by atoms with Crippen molar-refractivity contribution in [2.75, 3.05) is 0 Å². The monoisotopic (exact) mass is 190 g/mol. The summed E-state index contributed by atoms with van der Waals surface area (Å²) in [6.07, 6.45) is 8.50. The van der Waals surface area contributed by atoms with Gasteiger partial charge in [-0.1, -0.05) is 35.5 Å². The summed E-state index contributed by atoms with van der Waals surface area (Å²) >= 11 is 0. The molecule has 0 aromatic rings. The molecule has 0 aromatic carbocycles. The summed E-state index contributed by atoms with van der Waals surface area (Å²) < 4.78 is 0. The van der Waals surface area contributed by atoms with Gasteiger partial charge in [0.1, 0.15) is 0 Å². The SMILES string of the molecule is C\C=C/C=C(C)/C(C)=C/C(C)=C(C)C. The fraction of sp³-hybridized carbons (Fsp3) is 0.429. The summed E-state index contributed by atoms with van der Waals surface area (Å²) in [5.41, 5.74) is 5.39. The number of allylic oxidation sites excluding steroid dienone is 8. The van der Waals surface area contributed by atoms with Gasteiger partial charge in [0, 0.05) is 0 Å². The van der Waals surface area contributed by atoms with Crippen LogP contribution in [0, 0.1) is 0 Å². The largest absolute Gasteiger partial charge is 0.0877 e. The molecule has 0 saturated heterocycles. The first-order chi connectivity index (χ1) is 6.49. The van der Waals surface area contributed by atoms with E-state index >= 15 is 0 Å². The van der Waals surface area contributed by atoms with Crippen LogP contribution in [-0.4, -0.2) is 0 Å². The highest BCUT2D eigenvalue weighted by molar-refractivity contribution is 5.36. The van der Waals surface area contributed by atoms with Gasteiger partial charge < -0.3 is 0 Å². The van der Waals surface area contributed by atoms with E-state index in [1.165, 1.54) is 22.3 Å². The minimum Gasteiger partial charge on any atom is -0.0877 e. The van der Waals surface area contributed by atoms with Crippen LogP contribution in [0.15, 0.2) is 46.6 Å². The minimum atomic E-state index is 1.32. The number of hydrogen-bond acceptors (Lipinski definition) is 0. The summed E-state index contributed by atoms with van der Waals surface area (Å²) in [4.78, 5) is 0. The third kappa shape index (κ3) is 4.86. The van der Waals surface area contributed by atoms with Crippen LogP contribution in [0.2, 0.25) is 0 Å². The second kappa shape index (κ2) is 6.42. The smallest absolute Gasteiger partial charge is 0.0395 e. The highest BCUT2D eigenvalue weighted by atomic mass is 14.0. The van der Waals surface area contributed by atoms with Gasteiger partial charge in [0.25, 0.3) is 0 Å². The lowest BCUT2D eigenvalue weighted by Gasteiger charge is -2.02. The normalized spacial score (nSPS) is 13.6. The second-order valence-corrected chi connectivity index (χ2v) is 3.89. The summed E-state index contributed by atoms with van der Waals surface area (Å²) in [7, 11) is 0. The average Bonchev–Trinajstić information content (AvgIpc) is 2.13. The molecule has 0 rings (SSSR count). The van der Waals surface area contributed by atoms with Crippen molar-refractivity contribution in [3.63, 3.8) is 0 Å². The molecule has 0 aliphatic heterocycles. The highest BCUT2D eigenvalue weighted by Gasteiger charge is 1.93. The van der Waals surface area contributed by atoms with Gasteiger partial charge in [-0.05, 0) is 52.7 Å². The topological polar surface area (TPSA) is 0 Å². The summed E-state index contributed by atoms with van der Waals surface area (Å²) in [5.74, 6) is 0. The Balaban J connectivity index is 4.79. The molecule has 0 radical (unpaired) electrons. The zero-order valence-electron chi connectivity index (χ0n) is 10.3. The molecule has 78 valence electrons. The molecule has 0 nitrogen and oxygen atoms in total. The Labute approximate surface area is 88.7 Å². The Bertz CT molecular complexity index is 292. The lowest BCUT2D eigenvalue weighted by molar-refractivity contribution is 1.25. The molecule has 0 unspecified atom stereocenters. The predicted octanol–water partition coefficient (Wildman–Crippen LogP) is 4.81. The number of hydrogen-bond donors (Lipinski definition) is 0. The van der Waals surface area contributed by atoms with E-state index in [0.29, 0.717) is 0 Å². The molecule has 0 aromatic heterocycles. The molecule has 14 heavy (non-hydrogen) atoms. The van der Waals surface area contributed by atoms with E-state index in [0.717, 1.165) is 0 Å². The van der Waals surface area contributed by atoms with E-state index in [9.17, 15) is 0 Å². The van der Waals surface area contributed by atoms with Crippen LogP contribution in [0.1, 0.15) is 41.5 Å². The Morgan fingerprint density at radius 3 is 1.86 bits per heavy atom. The summed E-state index contributed by atoms with van der Waals surface area (Å²) in [5, 5.41) is 0. The number of rotatable bonds is 3. The second-order valence-electron chi connectivity index (χ2n) is 3.89. The zero-order valence-corrected chi connectivity index (χ0v) is 10.3. The molecule has 0 aliphatic rings. The third-order valence-electron chi connectivity index (χ3n) is 2.38. The molecule has 0 fully saturated rings. The maximum atomic E-state index is 2.24. The molecular formula is C14H22. The van der Waals surface area contributed by atoms with Gasteiger partial charge in [-0.15, -0.1) is 0 Å². The first kappa shape index (κ1) is 13.0. The summed E-state index contributed by atoms with van der Waals surface area (Å²) in [6.45, 7) is 12.8. The van der Waals surface area contributed by atoms with Crippen molar-refractivity contribution in [1.29, 1.82) is 0 Å². The Hall–Kier alpha value is -1.04. The molecule has 0 atom stereocenters. The van der Waals surface area contributed by atoms with E-state index in [2.05, 4.69) is 52.8 Å². The van der Waals surface area contributed by atoms with Crippen molar-refractivity contribution < 1.29 is 0 Å². The predicted molar refractivity (Wildman–Crippen MR) is 66.4 cm³/mol. The lowest BCUT2D eigenvalue weighted by Crippen LogP contribution is -1.82. The van der Waals surface area contributed by atoms with E-state index < -0.39 is 0 Å². The van der Waals surface area contributed by atoms with E-state index in [-0.39, 0.29) is 0 Å². The molecule has 0 saturated carbocycles. The van der Waals surface area contributed by atoms with E-state index in [1.54, 1.807) is 0 Å². The molecule has 0 bridgehead atoms. The first-order valence-corrected chi connectivity index (χ1v) is 5.11. The van der Waals surface area contributed by atoms with Crippen LogP contribution in [0.3, 0.4) is 0 Å². The van der Waals surface area contributed by atoms with Gasteiger partial charge in [-0.25, -0.2) is 0 Å². The molecule has 0 heterocycles. The van der Waals surface area contributed by atoms with Crippen LogP contribution in [0.4, 0.5) is 0 Å². The Morgan fingerprint density at radius 1 is 0.857 bits per heavy atom. The molecule has 0 spiro atoms. The van der Waals surface area contributed by atoms with Crippen LogP contribution < -0.4 is 0 Å². The highest BCUT2D eigenvalue weighted by Crippen LogP contribution is 2.13. The van der Waals surface area contributed by atoms with Gasteiger partial charge in [0.15, 0.2) is 0 Å². The van der Waals surface area contributed by atoms with Crippen molar-refractivity contribution in [2.45, 2.75) is 41.5 Å². The average molecular weight is 190 g/mol.